The molecule has 3 nitrogen and oxygen atoms in total. The Hall–Kier alpha value is -2.94. The molecular weight excluding hydrogens is 282 g/mol. The lowest BCUT2D eigenvalue weighted by molar-refractivity contribution is 1.13. The van der Waals surface area contributed by atoms with Crippen LogP contribution in [0.2, 0.25) is 0 Å². The molecule has 0 unspecified atom stereocenters. The van der Waals surface area contributed by atoms with Crippen molar-refractivity contribution in [2.45, 2.75) is 0 Å². The van der Waals surface area contributed by atoms with Crippen molar-refractivity contribution in [3.8, 4) is 11.4 Å². The predicted molar refractivity (Wildman–Crippen MR) is 97.2 cm³/mol. The van der Waals surface area contributed by atoms with E-state index in [1.807, 2.05) is 44.6 Å². The fraction of sp³-hybridized carbons (Fsp3) is 0.100. The zero-order chi connectivity index (χ0) is 16.1. The Kier molecular flexibility index (Phi) is 4.48. The van der Waals surface area contributed by atoms with Gasteiger partial charge in [-0.1, -0.05) is 36.4 Å². The second-order valence-corrected chi connectivity index (χ2v) is 5.51. The van der Waals surface area contributed by atoms with Crippen molar-refractivity contribution >= 4 is 17.8 Å². The van der Waals surface area contributed by atoms with Gasteiger partial charge in [0, 0.05) is 32.2 Å². The summed E-state index contributed by atoms with van der Waals surface area (Å²) in [5.74, 6) is 0. The lowest BCUT2D eigenvalue weighted by Crippen LogP contribution is -2.07. The first-order chi connectivity index (χ1) is 11.2. The Morgan fingerprint density at radius 1 is 0.739 bits per heavy atom. The smallest absolute Gasteiger partial charge is 0.0886 e. The normalized spacial score (nSPS) is 10.9. The number of nitrogens with zero attached hydrogens (tertiary/aromatic N) is 3. The van der Waals surface area contributed by atoms with Crippen molar-refractivity contribution in [3.05, 3.63) is 78.1 Å². The minimum absolute atomic E-state index is 0.887. The molecule has 3 aromatic rings. The third kappa shape index (κ3) is 3.83. The Balaban J connectivity index is 1.73. The Labute approximate surface area is 137 Å². The third-order valence-corrected chi connectivity index (χ3v) is 3.59. The molecule has 23 heavy (non-hydrogen) atoms. The zero-order valence-electron chi connectivity index (χ0n) is 13.3. The first-order valence-electron chi connectivity index (χ1n) is 7.55. The van der Waals surface area contributed by atoms with Crippen LogP contribution in [0, 0.1) is 0 Å². The molecule has 0 spiro atoms. The van der Waals surface area contributed by atoms with Crippen LogP contribution in [0.4, 0.5) is 5.69 Å². The lowest BCUT2D eigenvalue weighted by Gasteiger charge is -2.11. The van der Waals surface area contributed by atoms with E-state index in [2.05, 4.69) is 57.4 Å². The van der Waals surface area contributed by atoms with Crippen molar-refractivity contribution in [2.75, 3.05) is 19.0 Å². The maximum Gasteiger partial charge on any atom is 0.0886 e. The maximum absolute atomic E-state index is 4.48. The Morgan fingerprint density at radius 2 is 1.43 bits per heavy atom. The summed E-state index contributed by atoms with van der Waals surface area (Å²) in [7, 11) is 4.08. The van der Waals surface area contributed by atoms with Gasteiger partial charge in [-0.05, 0) is 41.5 Å². The van der Waals surface area contributed by atoms with Gasteiger partial charge >= 0.3 is 0 Å². The molecule has 2 heterocycles. The largest absolute Gasteiger partial charge is 0.378 e. The van der Waals surface area contributed by atoms with Crippen molar-refractivity contribution in [1.82, 2.24) is 9.97 Å². The van der Waals surface area contributed by atoms with Gasteiger partial charge in [0.15, 0.2) is 0 Å². The van der Waals surface area contributed by atoms with E-state index in [1.165, 1.54) is 11.3 Å². The van der Waals surface area contributed by atoms with Gasteiger partial charge in [0.05, 0.1) is 11.4 Å². The van der Waals surface area contributed by atoms with Gasteiger partial charge in [-0.3, -0.25) is 9.97 Å². The highest BCUT2D eigenvalue weighted by atomic mass is 15.1. The summed E-state index contributed by atoms with van der Waals surface area (Å²) < 4.78 is 0. The van der Waals surface area contributed by atoms with E-state index in [-0.39, 0.29) is 0 Å². The van der Waals surface area contributed by atoms with Gasteiger partial charge in [-0.25, -0.2) is 0 Å². The van der Waals surface area contributed by atoms with Crippen molar-refractivity contribution in [3.63, 3.8) is 0 Å². The van der Waals surface area contributed by atoms with Crippen molar-refractivity contribution in [1.29, 1.82) is 0 Å². The second-order valence-electron chi connectivity index (χ2n) is 5.51. The van der Waals surface area contributed by atoms with Crippen LogP contribution in [0.25, 0.3) is 23.5 Å². The maximum atomic E-state index is 4.48. The molecule has 0 radical (unpaired) electrons. The summed E-state index contributed by atoms with van der Waals surface area (Å²) in [4.78, 5) is 10.9. The highest BCUT2D eigenvalue weighted by molar-refractivity contribution is 5.71. The second kappa shape index (κ2) is 6.88. The Bertz CT molecular complexity index is 773. The summed E-state index contributed by atoms with van der Waals surface area (Å²) in [6.45, 7) is 0. The van der Waals surface area contributed by atoms with Crippen molar-refractivity contribution < 1.29 is 0 Å². The molecular formula is C20H19N3. The van der Waals surface area contributed by atoms with Crippen molar-refractivity contribution in [2.24, 2.45) is 0 Å². The highest BCUT2D eigenvalue weighted by Crippen LogP contribution is 2.16. The summed E-state index contributed by atoms with van der Waals surface area (Å²) in [6.07, 6.45) is 7.81. The van der Waals surface area contributed by atoms with Gasteiger partial charge in [0.1, 0.15) is 0 Å². The number of anilines is 1. The summed E-state index contributed by atoms with van der Waals surface area (Å²) in [5.41, 5.74) is 5.22. The molecule has 0 aliphatic rings. The molecule has 0 aliphatic heterocycles. The highest BCUT2D eigenvalue weighted by Gasteiger charge is 1.99. The fourth-order valence-electron chi connectivity index (χ4n) is 2.25. The van der Waals surface area contributed by atoms with E-state index >= 15 is 0 Å². The van der Waals surface area contributed by atoms with Gasteiger partial charge in [-0.15, -0.1) is 0 Å². The summed E-state index contributed by atoms with van der Waals surface area (Å²) in [5, 5.41) is 0. The molecule has 0 bridgehead atoms. The number of rotatable bonds is 4. The van der Waals surface area contributed by atoms with E-state index in [0.717, 1.165) is 17.0 Å². The van der Waals surface area contributed by atoms with E-state index in [4.69, 9.17) is 0 Å². The molecule has 2 aromatic heterocycles. The van der Waals surface area contributed by atoms with Crippen LogP contribution in [0.1, 0.15) is 11.1 Å². The van der Waals surface area contributed by atoms with E-state index in [0.29, 0.717) is 0 Å². The van der Waals surface area contributed by atoms with Gasteiger partial charge < -0.3 is 4.90 Å². The molecule has 0 aliphatic carbocycles. The molecule has 3 rings (SSSR count). The molecule has 0 atom stereocenters. The number of pyridine rings is 2. The van der Waals surface area contributed by atoms with Crippen LogP contribution in [0.5, 0.6) is 0 Å². The lowest BCUT2D eigenvalue weighted by atomic mass is 10.1. The molecule has 0 saturated carbocycles. The number of aromatic nitrogens is 2. The predicted octanol–water partition coefficient (Wildman–Crippen LogP) is 4.38. The Morgan fingerprint density at radius 3 is 2.04 bits per heavy atom. The standard InChI is InChI=1S/C20H19N3/c1-23(2)18-11-8-16(9-12-18)6-7-17-10-13-20(22-15-17)19-5-3-4-14-21-19/h3-15H,1-2H3/b7-6+. The molecule has 1 aromatic carbocycles. The molecule has 0 N–H and O–H groups in total. The average Bonchev–Trinajstić information content (AvgIpc) is 2.61. The van der Waals surface area contributed by atoms with E-state index < -0.39 is 0 Å². The fourth-order valence-corrected chi connectivity index (χ4v) is 2.25. The van der Waals surface area contributed by atoms with Crippen LogP contribution < -0.4 is 4.90 Å². The minimum atomic E-state index is 0.887. The van der Waals surface area contributed by atoms with E-state index in [1.54, 1.807) is 6.20 Å². The van der Waals surface area contributed by atoms with Crippen LogP contribution in [-0.4, -0.2) is 24.1 Å². The molecule has 114 valence electrons. The van der Waals surface area contributed by atoms with Gasteiger partial charge in [0.2, 0.25) is 0 Å². The quantitative estimate of drug-likeness (QED) is 0.716. The summed E-state index contributed by atoms with van der Waals surface area (Å²) >= 11 is 0. The minimum Gasteiger partial charge on any atom is -0.378 e. The van der Waals surface area contributed by atoms with Crippen LogP contribution in [0.3, 0.4) is 0 Å². The number of benzene rings is 1. The van der Waals surface area contributed by atoms with E-state index in [9.17, 15) is 0 Å². The van der Waals surface area contributed by atoms with Gasteiger partial charge in [-0.2, -0.15) is 0 Å². The monoisotopic (exact) mass is 301 g/mol. The number of hydrogen-bond donors (Lipinski definition) is 0. The molecule has 3 heteroatoms. The first-order valence-corrected chi connectivity index (χ1v) is 7.55. The first kappa shape index (κ1) is 15.0. The molecule has 0 saturated heterocycles. The van der Waals surface area contributed by atoms with Gasteiger partial charge in [0.25, 0.3) is 0 Å². The summed E-state index contributed by atoms with van der Waals surface area (Å²) in [6, 6.07) is 18.3. The van der Waals surface area contributed by atoms with Crippen LogP contribution in [0.15, 0.2) is 67.0 Å². The molecule has 0 fully saturated rings. The number of hydrogen-bond acceptors (Lipinski definition) is 3. The topological polar surface area (TPSA) is 29.0 Å². The van der Waals surface area contributed by atoms with Crippen LogP contribution >= 0.6 is 0 Å². The third-order valence-electron chi connectivity index (χ3n) is 3.59. The SMILES string of the molecule is CN(C)c1ccc(/C=C/c2ccc(-c3ccccn3)nc2)cc1. The average molecular weight is 301 g/mol. The molecule has 0 amide bonds. The zero-order valence-corrected chi connectivity index (χ0v) is 13.3. The van der Waals surface area contributed by atoms with Crippen LogP contribution in [-0.2, 0) is 0 Å².